The van der Waals surface area contributed by atoms with Gasteiger partial charge in [-0.25, -0.2) is 10.4 Å². The zero-order valence-corrected chi connectivity index (χ0v) is 11.6. The molecule has 1 aromatic heterocycles. The molecular weight excluding hydrogens is 262 g/mol. The summed E-state index contributed by atoms with van der Waals surface area (Å²) in [7, 11) is 0. The lowest BCUT2D eigenvalue weighted by atomic mass is 10.3. The van der Waals surface area contributed by atoms with Crippen molar-refractivity contribution in [2.24, 2.45) is 11.0 Å². The van der Waals surface area contributed by atoms with E-state index in [0.29, 0.717) is 11.1 Å². The van der Waals surface area contributed by atoms with E-state index in [9.17, 15) is 4.79 Å². The van der Waals surface area contributed by atoms with E-state index in [2.05, 4.69) is 15.5 Å². The summed E-state index contributed by atoms with van der Waals surface area (Å²) in [5.41, 5.74) is 3.98. The SMILES string of the molecule is CC(C)C=NNC(=O)CSc1nc2ccccc2o1. The number of fused-ring (bicyclic) bond motifs is 1. The Kier molecular flexibility index (Phi) is 4.57. The Bertz CT molecular complexity index is 559. The summed E-state index contributed by atoms with van der Waals surface area (Å²) in [6.45, 7) is 3.98. The Morgan fingerprint density at radius 1 is 1.53 bits per heavy atom. The van der Waals surface area contributed by atoms with Crippen molar-refractivity contribution in [1.82, 2.24) is 10.4 Å². The normalized spacial score (nSPS) is 11.5. The van der Waals surface area contributed by atoms with Gasteiger partial charge in [0, 0.05) is 6.21 Å². The first-order valence-corrected chi connectivity index (χ1v) is 6.94. The Balaban J connectivity index is 1.86. The third-order valence-electron chi connectivity index (χ3n) is 2.16. The standard InChI is InChI=1S/C13H15N3O2S/c1-9(2)7-14-16-12(17)8-19-13-15-10-5-3-4-6-11(10)18-13/h3-7,9H,8H2,1-2H3,(H,16,17). The number of thioether (sulfide) groups is 1. The van der Waals surface area contributed by atoms with Crippen LogP contribution in [-0.4, -0.2) is 22.9 Å². The molecule has 0 saturated carbocycles. The average Bonchev–Trinajstić information content (AvgIpc) is 2.78. The van der Waals surface area contributed by atoms with Gasteiger partial charge >= 0.3 is 0 Å². The van der Waals surface area contributed by atoms with Gasteiger partial charge in [-0.2, -0.15) is 5.10 Å². The first-order chi connectivity index (χ1) is 9.15. The molecule has 6 heteroatoms. The number of hydrogen-bond donors (Lipinski definition) is 1. The molecule has 2 rings (SSSR count). The van der Waals surface area contributed by atoms with E-state index < -0.39 is 0 Å². The lowest BCUT2D eigenvalue weighted by Crippen LogP contribution is -2.19. The number of hydrogen-bond acceptors (Lipinski definition) is 5. The number of amides is 1. The van der Waals surface area contributed by atoms with Crippen molar-refractivity contribution in [3.05, 3.63) is 24.3 Å². The van der Waals surface area contributed by atoms with Gasteiger partial charge in [-0.3, -0.25) is 4.79 Å². The lowest BCUT2D eigenvalue weighted by Gasteiger charge is -1.97. The molecule has 0 atom stereocenters. The maximum Gasteiger partial charge on any atom is 0.257 e. The van der Waals surface area contributed by atoms with Crippen LogP contribution < -0.4 is 5.43 Å². The number of nitrogens with zero attached hydrogens (tertiary/aromatic N) is 2. The second-order valence-corrected chi connectivity index (χ2v) is 5.22. The summed E-state index contributed by atoms with van der Waals surface area (Å²) >= 11 is 1.25. The fourth-order valence-electron chi connectivity index (χ4n) is 1.33. The fraction of sp³-hybridized carbons (Fsp3) is 0.308. The van der Waals surface area contributed by atoms with Crippen LogP contribution >= 0.6 is 11.8 Å². The van der Waals surface area contributed by atoms with Gasteiger partial charge in [-0.05, 0) is 18.1 Å². The topological polar surface area (TPSA) is 67.5 Å². The minimum Gasteiger partial charge on any atom is -0.431 e. The molecule has 0 bridgehead atoms. The smallest absolute Gasteiger partial charge is 0.257 e. The van der Waals surface area contributed by atoms with Crippen LogP contribution in [0.5, 0.6) is 0 Å². The van der Waals surface area contributed by atoms with Crippen LogP contribution in [-0.2, 0) is 4.79 Å². The van der Waals surface area contributed by atoms with Crippen LogP contribution in [0.3, 0.4) is 0 Å². The molecule has 0 spiro atoms. The Hall–Kier alpha value is -1.82. The Labute approximate surface area is 115 Å². The van der Waals surface area contributed by atoms with Crippen molar-refractivity contribution < 1.29 is 9.21 Å². The van der Waals surface area contributed by atoms with E-state index >= 15 is 0 Å². The molecule has 1 aromatic carbocycles. The van der Waals surface area contributed by atoms with Gasteiger partial charge in [-0.15, -0.1) is 0 Å². The highest BCUT2D eigenvalue weighted by atomic mass is 32.2. The molecule has 0 unspecified atom stereocenters. The third-order valence-corrected chi connectivity index (χ3v) is 2.99. The Morgan fingerprint density at radius 3 is 3.05 bits per heavy atom. The van der Waals surface area contributed by atoms with Gasteiger partial charge in [-0.1, -0.05) is 37.7 Å². The van der Waals surface area contributed by atoms with E-state index in [1.807, 2.05) is 38.1 Å². The minimum absolute atomic E-state index is 0.177. The summed E-state index contributed by atoms with van der Waals surface area (Å²) in [6, 6.07) is 7.50. The van der Waals surface area contributed by atoms with Crippen LogP contribution in [0.4, 0.5) is 0 Å². The first kappa shape index (κ1) is 13.6. The van der Waals surface area contributed by atoms with Crippen LogP contribution in [0.25, 0.3) is 11.1 Å². The average molecular weight is 277 g/mol. The molecule has 0 fully saturated rings. The van der Waals surface area contributed by atoms with Gasteiger partial charge in [0.15, 0.2) is 5.58 Å². The van der Waals surface area contributed by atoms with Gasteiger partial charge in [0.25, 0.3) is 11.1 Å². The number of oxazole rings is 1. The predicted molar refractivity (Wildman–Crippen MR) is 76.2 cm³/mol. The number of nitrogens with one attached hydrogen (secondary N) is 1. The van der Waals surface area contributed by atoms with Crippen LogP contribution in [0, 0.1) is 5.92 Å². The molecule has 1 heterocycles. The van der Waals surface area contributed by atoms with Crippen molar-refractivity contribution in [1.29, 1.82) is 0 Å². The quantitative estimate of drug-likeness (QED) is 0.518. The molecule has 19 heavy (non-hydrogen) atoms. The molecular formula is C13H15N3O2S. The monoisotopic (exact) mass is 277 g/mol. The highest BCUT2D eigenvalue weighted by Gasteiger charge is 2.08. The van der Waals surface area contributed by atoms with Gasteiger partial charge in [0.2, 0.25) is 0 Å². The van der Waals surface area contributed by atoms with Crippen LogP contribution in [0.15, 0.2) is 39.0 Å². The minimum atomic E-state index is -0.177. The highest BCUT2D eigenvalue weighted by Crippen LogP contribution is 2.22. The van der Waals surface area contributed by atoms with E-state index in [1.54, 1.807) is 6.21 Å². The van der Waals surface area contributed by atoms with Crippen molar-refractivity contribution in [3.63, 3.8) is 0 Å². The van der Waals surface area contributed by atoms with Crippen LogP contribution in [0.1, 0.15) is 13.8 Å². The van der Waals surface area contributed by atoms with Crippen LogP contribution in [0.2, 0.25) is 0 Å². The van der Waals surface area contributed by atoms with Crippen molar-refractivity contribution in [2.45, 2.75) is 19.1 Å². The Morgan fingerprint density at radius 2 is 2.32 bits per heavy atom. The molecule has 5 nitrogen and oxygen atoms in total. The maximum absolute atomic E-state index is 11.5. The van der Waals surface area contributed by atoms with Crippen molar-refractivity contribution in [2.75, 3.05) is 5.75 Å². The van der Waals surface area contributed by atoms with Crippen molar-refractivity contribution >= 4 is 35.0 Å². The highest BCUT2D eigenvalue weighted by molar-refractivity contribution is 7.99. The molecule has 0 aliphatic heterocycles. The van der Waals surface area contributed by atoms with E-state index in [0.717, 1.165) is 11.1 Å². The molecule has 0 aliphatic rings. The number of para-hydroxylation sites is 2. The lowest BCUT2D eigenvalue weighted by molar-refractivity contribution is -0.118. The number of carbonyl (C=O) groups is 1. The predicted octanol–water partition coefficient (Wildman–Crippen LogP) is 2.68. The maximum atomic E-state index is 11.5. The third kappa shape index (κ3) is 4.10. The van der Waals surface area contributed by atoms with E-state index in [4.69, 9.17) is 4.42 Å². The number of hydrazone groups is 1. The number of aromatic nitrogens is 1. The zero-order chi connectivity index (χ0) is 13.7. The van der Waals surface area contributed by atoms with E-state index in [-0.39, 0.29) is 11.7 Å². The molecule has 100 valence electrons. The number of carbonyl (C=O) groups excluding carboxylic acids is 1. The van der Waals surface area contributed by atoms with Gasteiger partial charge in [0.05, 0.1) is 5.75 Å². The molecule has 0 radical (unpaired) electrons. The molecule has 2 aromatic rings. The molecule has 0 saturated heterocycles. The first-order valence-electron chi connectivity index (χ1n) is 5.95. The molecule has 0 aliphatic carbocycles. The second-order valence-electron chi connectivity index (χ2n) is 4.29. The summed E-state index contributed by atoms with van der Waals surface area (Å²) in [5, 5.41) is 4.33. The van der Waals surface area contributed by atoms with Crippen molar-refractivity contribution in [3.8, 4) is 0 Å². The fourth-order valence-corrected chi connectivity index (χ4v) is 1.96. The summed E-state index contributed by atoms with van der Waals surface area (Å²) in [4.78, 5) is 15.8. The molecule has 1 amide bonds. The van der Waals surface area contributed by atoms with Gasteiger partial charge < -0.3 is 4.42 Å². The summed E-state index contributed by atoms with van der Waals surface area (Å²) < 4.78 is 5.49. The van der Waals surface area contributed by atoms with Gasteiger partial charge in [0.1, 0.15) is 5.52 Å². The summed E-state index contributed by atoms with van der Waals surface area (Å²) in [5.74, 6) is 0.358. The number of rotatable bonds is 5. The summed E-state index contributed by atoms with van der Waals surface area (Å²) in [6.07, 6.45) is 1.68. The largest absolute Gasteiger partial charge is 0.431 e. The zero-order valence-electron chi connectivity index (χ0n) is 10.8. The number of benzene rings is 1. The molecule has 1 N–H and O–H groups in total. The second kappa shape index (κ2) is 6.38. The van der Waals surface area contributed by atoms with E-state index in [1.165, 1.54) is 11.8 Å².